The molecule has 2 aliphatic heterocycles. The van der Waals surface area contributed by atoms with Crippen molar-refractivity contribution >= 4 is 22.7 Å². The van der Waals surface area contributed by atoms with Gasteiger partial charge < -0.3 is 19.5 Å². The molecule has 1 aromatic carbocycles. The van der Waals surface area contributed by atoms with Crippen LogP contribution in [0.2, 0.25) is 0 Å². The Morgan fingerprint density at radius 1 is 0.912 bits per heavy atom. The second-order valence-corrected chi connectivity index (χ2v) is 9.76. The van der Waals surface area contributed by atoms with Crippen LogP contribution in [0.15, 0.2) is 33.9 Å². The zero-order valence-corrected chi connectivity index (χ0v) is 19.4. The van der Waals surface area contributed by atoms with E-state index in [2.05, 4.69) is 4.98 Å². The van der Waals surface area contributed by atoms with E-state index in [1.807, 2.05) is 9.80 Å². The van der Waals surface area contributed by atoms with Crippen molar-refractivity contribution in [1.82, 2.24) is 19.4 Å². The van der Waals surface area contributed by atoms with Crippen LogP contribution in [0.4, 0.5) is 0 Å². The molecule has 1 unspecified atom stereocenters. The minimum atomic E-state index is -0.377. The van der Waals surface area contributed by atoms with Gasteiger partial charge in [-0.1, -0.05) is 12.1 Å². The molecule has 2 saturated heterocycles. The van der Waals surface area contributed by atoms with Crippen LogP contribution in [0, 0.1) is 11.8 Å². The highest BCUT2D eigenvalue weighted by atomic mass is 16.5. The molecule has 5 rings (SSSR count). The second-order valence-electron chi connectivity index (χ2n) is 9.76. The number of H-pyrrole nitrogens is 1. The molecule has 1 aromatic heterocycles. The average Bonchev–Trinajstić information content (AvgIpc) is 3.41. The number of carbonyl (C=O) groups excluding carboxylic acids is 2. The Balaban J connectivity index is 1.14. The van der Waals surface area contributed by atoms with Crippen molar-refractivity contribution in [3.8, 4) is 0 Å². The Morgan fingerprint density at radius 3 is 2.26 bits per heavy atom. The number of hydrogen-bond donors (Lipinski definition) is 1. The van der Waals surface area contributed by atoms with E-state index in [-0.39, 0.29) is 41.0 Å². The monoisotopic (exact) mass is 468 g/mol. The maximum atomic E-state index is 13.1. The summed E-state index contributed by atoms with van der Waals surface area (Å²) in [7, 11) is 0. The number of amides is 2. The summed E-state index contributed by atoms with van der Waals surface area (Å²) in [6.45, 7) is 3.30. The van der Waals surface area contributed by atoms with Crippen molar-refractivity contribution in [2.45, 2.75) is 51.2 Å². The van der Waals surface area contributed by atoms with Gasteiger partial charge in [0.2, 0.25) is 5.91 Å². The summed E-state index contributed by atoms with van der Waals surface area (Å²) < 4.78 is 6.82. The molecule has 34 heavy (non-hydrogen) atoms. The number of rotatable bonds is 4. The van der Waals surface area contributed by atoms with Gasteiger partial charge in [0.1, 0.15) is 6.10 Å². The van der Waals surface area contributed by atoms with Crippen LogP contribution in [0.5, 0.6) is 0 Å². The molecule has 2 aromatic rings. The van der Waals surface area contributed by atoms with Crippen molar-refractivity contribution in [2.75, 3.05) is 32.8 Å². The Bertz CT molecular complexity index is 1170. The van der Waals surface area contributed by atoms with E-state index in [4.69, 9.17) is 4.74 Å². The number of aromatic nitrogens is 2. The number of fused-ring (bicyclic) bond motifs is 1. The van der Waals surface area contributed by atoms with E-state index in [0.29, 0.717) is 50.2 Å². The first-order valence-electron chi connectivity index (χ1n) is 12.4. The van der Waals surface area contributed by atoms with Crippen LogP contribution in [0.1, 0.15) is 38.5 Å². The molecule has 0 radical (unpaired) electrons. The number of para-hydroxylation sites is 1. The number of nitrogens with one attached hydrogen (secondary N) is 1. The quantitative estimate of drug-likeness (QED) is 0.729. The van der Waals surface area contributed by atoms with Crippen molar-refractivity contribution in [2.24, 2.45) is 11.8 Å². The Kier molecular flexibility index (Phi) is 6.54. The minimum Gasteiger partial charge on any atom is -0.368 e. The van der Waals surface area contributed by atoms with Crippen molar-refractivity contribution < 1.29 is 14.3 Å². The summed E-state index contributed by atoms with van der Waals surface area (Å²) in [5.41, 5.74) is -0.0779. The van der Waals surface area contributed by atoms with Crippen LogP contribution in [0.25, 0.3) is 10.9 Å². The van der Waals surface area contributed by atoms with Crippen LogP contribution in [-0.2, 0) is 20.9 Å². The maximum Gasteiger partial charge on any atom is 0.328 e. The molecule has 3 aliphatic rings. The molecule has 3 heterocycles. The predicted octanol–water partition coefficient (Wildman–Crippen LogP) is 1.35. The molecule has 1 aliphatic carbocycles. The molecule has 1 saturated carbocycles. The molecule has 0 bridgehead atoms. The van der Waals surface area contributed by atoms with E-state index >= 15 is 0 Å². The summed E-state index contributed by atoms with van der Waals surface area (Å²) >= 11 is 0. The highest BCUT2D eigenvalue weighted by Crippen LogP contribution is 2.31. The second kappa shape index (κ2) is 9.74. The van der Waals surface area contributed by atoms with Gasteiger partial charge in [0, 0.05) is 45.2 Å². The number of benzene rings is 1. The van der Waals surface area contributed by atoms with Crippen LogP contribution < -0.4 is 11.2 Å². The highest BCUT2D eigenvalue weighted by Gasteiger charge is 2.34. The summed E-state index contributed by atoms with van der Waals surface area (Å²) in [5.74, 6) is 0.403. The van der Waals surface area contributed by atoms with Crippen LogP contribution >= 0.6 is 0 Å². The molecular weight excluding hydrogens is 436 g/mol. The summed E-state index contributed by atoms with van der Waals surface area (Å²) in [4.78, 5) is 57.4. The maximum absolute atomic E-state index is 13.1. The van der Waals surface area contributed by atoms with Gasteiger partial charge >= 0.3 is 5.69 Å². The van der Waals surface area contributed by atoms with Crippen molar-refractivity contribution in [3.05, 3.63) is 45.1 Å². The fourth-order valence-electron chi connectivity index (χ4n) is 5.60. The number of piperazine rings is 1. The van der Waals surface area contributed by atoms with Crippen molar-refractivity contribution in [1.29, 1.82) is 0 Å². The van der Waals surface area contributed by atoms with Crippen LogP contribution in [0.3, 0.4) is 0 Å². The molecule has 3 fully saturated rings. The average molecular weight is 469 g/mol. The summed E-state index contributed by atoms with van der Waals surface area (Å²) in [6, 6.07) is 7.05. The van der Waals surface area contributed by atoms with Gasteiger partial charge in [-0.15, -0.1) is 0 Å². The molecule has 182 valence electrons. The zero-order valence-electron chi connectivity index (χ0n) is 19.4. The first kappa shape index (κ1) is 22.8. The molecule has 1 atom stereocenters. The molecular formula is C25H32N4O5. The Morgan fingerprint density at radius 2 is 1.59 bits per heavy atom. The zero-order chi connectivity index (χ0) is 23.7. The normalized spacial score (nSPS) is 25.6. The van der Waals surface area contributed by atoms with Gasteiger partial charge in [0.15, 0.2) is 0 Å². The summed E-state index contributed by atoms with van der Waals surface area (Å²) in [6.07, 6.45) is 4.57. The largest absolute Gasteiger partial charge is 0.368 e. The van der Waals surface area contributed by atoms with Gasteiger partial charge in [0.25, 0.3) is 11.5 Å². The lowest BCUT2D eigenvalue weighted by atomic mass is 9.81. The van der Waals surface area contributed by atoms with Gasteiger partial charge in [-0.05, 0) is 56.6 Å². The van der Waals surface area contributed by atoms with E-state index in [0.717, 1.165) is 38.5 Å². The summed E-state index contributed by atoms with van der Waals surface area (Å²) in [5, 5.41) is 0.517. The Hall–Kier alpha value is -2.94. The fraction of sp³-hybridized carbons (Fsp3) is 0.600. The van der Waals surface area contributed by atoms with E-state index in [1.165, 1.54) is 4.57 Å². The van der Waals surface area contributed by atoms with E-state index in [1.54, 1.807) is 24.3 Å². The smallest absolute Gasteiger partial charge is 0.328 e. The standard InChI is InChI=1S/C25H32N4O5/c30-22(27-11-13-28(14-12-27)24(32)21-6-3-15-34-21)18-9-7-17(8-10-18)16-29-23(31)19-4-1-2-5-20(19)26-25(29)33/h1-2,4-5,17-18,21H,3,6-16H2,(H,26,33). The molecule has 2 amide bonds. The van der Waals surface area contributed by atoms with Crippen LogP contribution in [-0.4, -0.2) is 70.1 Å². The van der Waals surface area contributed by atoms with Crippen molar-refractivity contribution in [3.63, 3.8) is 0 Å². The molecule has 9 nitrogen and oxygen atoms in total. The minimum absolute atomic E-state index is 0.0247. The SMILES string of the molecule is O=C(C1CCC(Cn2c(=O)[nH]c3ccccc3c2=O)CC1)N1CCN(C(=O)C2CCCO2)CC1. The number of aromatic amines is 1. The highest BCUT2D eigenvalue weighted by molar-refractivity contribution is 5.82. The molecule has 0 spiro atoms. The van der Waals surface area contributed by atoms with E-state index < -0.39 is 0 Å². The third-order valence-corrected chi connectivity index (χ3v) is 7.63. The molecule has 9 heteroatoms. The third kappa shape index (κ3) is 4.53. The lowest BCUT2D eigenvalue weighted by Gasteiger charge is -2.38. The van der Waals surface area contributed by atoms with Gasteiger partial charge in [0.05, 0.1) is 10.9 Å². The first-order valence-corrected chi connectivity index (χ1v) is 12.4. The van der Waals surface area contributed by atoms with Gasteiger partial charge in [-0.3, -0.25) is 19.0 Å². The number of ether oxygens (including phenoxy) is 1. The van der Waals surface area contributed by atoms with Gasteiger partial charge in [-0.25, -0.2) is 4.79 Å². The predicted molar refractivity (Wildman–Crippen MR) is 126 cm³/mol. The lowest BCUT2D eigenvalue weighted by Crippen LogP contribution is -2.54. The molecule has 1 N–H and O–H groups in total. The fourth-order valence-corrected chi connectivity index (χ4v) is 5.60. The lowest BCUT2D eigenvalue weighted by molar-refractivity contribution is -0.147. The van der Waals surface area contributed by atoms with E-state index in [9.17, 15) is 19.2 Å². The topological polar surface area (TPSA) is 105 Å². The number of nitrogens with zero attached hydrogens (tertiary/aromatic N) is 3. The Labute approximate surface area is 197 Å². The number of carbonyl (C=O) groups is 2. The van der Waals surface area contributed by atoms with Gasteiger partial charge in [-0.2, -0.15) is 0 Å². The number of hydrogen-bond acceptors (Lipinski definition) is 5. The third-order valence-electron chi connectivity index (χ3n) is 7.63. The first-order chi connectivity index (χ1) is 16.5.